The van der Waals surface area contributed by atoms with E-state index in [0.29, 0.717) is 5.56 Å². The lowest BCUT2D eigenvalue weighted by Crippen LogP contribution is -2.14. The number of hydrogen-bond acceptors (Lipinski definition) is 3. The quantitative estimate of drug-likeness (QED) is 0.363. The average molecular weight is 372 g/mol. The van der Waals surface area contributed by atoms with Crippen molar-refractivity contribution in [2.75, 3.05) is 0 Å². The third-order valence-electron chi connectivity index (χ3n) is 3.04. The maximum Gasteiger partial charge on any atom is 0.267 e. The van der Waals surface area contributed by atoms with Gasteiger partial charge in [0.1, 0.15) is 0 Å². The van der Waals surface area contributed by atoms with E-state index in [9.17, 15) is 9.59 Å². The molecular formula is C18H14BrNO3. The molecule has 0 radical (unpaired) electrons. The number of benzene rings is 2. The number of ketones is 1. The minimum absolute atomic E-state index is 0.0823. The van der Waals surface area contributed by atoms with Crippen LogP contribution in [-0.4, -0.2) is 16.9 Å². The number of hydrogen-bond donors (Lipinski definition) is 2. The SMILES string of the molecule is O=C(/C=C/c1ccc(/C=C/C(=O)c2ccccc2Br)cc1)NO. The lowest BCUT2D eigenvalue weighted by molar-refractivity contribution is -0.124. The van der Waals surface area contributed by atoms with Gasteiger partial charge in [-0.1, -0.05) is 58.4 Å². The summed E-state index contributed by atoms with van der Waals surface area (Å²) in [6.45, 7) is 0. The first kappa shape index (κ1) is 16.9. The first-order chi connectivity index (χ1) is 11.1. The van der Waals surface area contributed by atoms with Crippen molar-refractivity contribution in [3.05, 3.63) is 81.8 Å². The number of allylic oxidation sites excluding steroid dienone is 1. The Balaban J connectivity index is 2.06. The Hall–Kier alpha value is -2.50. The Bertz CT molecular complexity index is 764. The van der Waals surface area contributed by atoms with Crippen LogP contribution < -0.4 is 5.48 Å². The molecular weight excluding hydrogens is 358 g/mol. The van der Waals surface area contributed by atoms with Gasteiger partial charge in [-0.25, -0.2) is 5.48 Å². The zero-order valence-corrected chi connectivity index (χ0v) is 13.7. The number of amides is 1. The molecule has 0 saturated heterocycles. The van der Waals surface area contributed by atoms with E-state index >= 15 is 0 Å². The highest BCUT2D eigenvalue weighted by Crippen LogP contribution is 2.17. The monoisotopic (exact) mass is 371 g/mol. The van der Waals surface area contributed by atoms with Gasteiger partial charge in [0.25, 0.3) is 5.91 Å². The molecule has 0 atom stereocenters. The second kappa shape index (κ2) is 8.22. The number of rotatable bonds is 5. The Labute approximate surface area is 142 Å². The van der Waals surface area contributed by atoms with Gasteiger partial charge in [0, 0.05) is 16.1 Å². The fourth-order valence-electron chi connectivity index (χ4n) is 1.85. The standard InChI is InChI=1S/C18H14BrNO3/c19-16-4-2-1-3-15(16)17(21)11-9-13-5-7-14(8-6-13)10-12-18(22)20-23/h1-12,23H,(H,20,22)/b11-9+,12-10+. The molecule has 4 nitrogen and oxygen atoms in total. The third-order valence-corrected chi connectivity index (χ3v) is 3.73. The van der Waals surface area contributed by atoms with Gasteiger partial charge < -0.3 is 0 Å². The topological polar surface area (TPSA) is 66.4 Å². The molecule has 0 aromatic heterocycles. The van der Waals surface area contributed by atoms with Gasteiger partial charge in [-0.2, -0.15) is 0 Å². The van der Waals surface area contributed by atoms with Crippen LogP contribution in [0.5, 0.6) is 0 Å². The molecule has 0 bridgehead atoms. The number of nitrogens with one attached hydrogen (secondary N) is 1. The minimum atomic E-state index is -0.590. The molecule has 2 N–H and O–H groups in total. The second-order valence-corrected chi connectivity index (χ2v) is 5.51. The smallest absolute Gasteiger partial charge is 0.267 e. The molecule has 1 amide bonds. The Morgan fingerprint density at radius 3 is 2.04 bits per heavy atom. The maximum absolute atomic E-state index is 12.1. The summed E-state index contributed by atoms with van der Waals surface area (Å²) < 4.78 is 0.761. The number of carbonyl (C=O) groups excluding carboxylic acids is 2. The molecule has 0 aliphatic heterocycles. The van der Waals surface area contributed by atoms with E-state index in [4.69, 9.17) is 5.21 Å². The van der Waals surface area contributed by atoms with Crippen molar-refractivity contribution in [3.63, 3.8) is 0 Å². The molecule has 0 aliphatic rings. The Kier molecular flexibility index (Phi) is 6.02. The summed E-state index contributed by atoms with van der Waals surface area (Å²) in [6, 6.07) is 14.5. The van der Waals surface area contributed by atoms with E-state index in [2.05, 4.69) is 15.9 Å². The minimum Gasteiger partial charge on any atom is -0.289 e. The van der Waals surface area contributed by atoms with Crippen LogP contribution in [0.25, 0.3) is 12.2 Å². The summed E-state index contributed by atoms with van der Waals surface area (Å²) in [4.78, 5) is 23.0. The van der Waals surface area contributed by atoms with Crippen molar-refractivity contribution < 1.29 is 14.8 Å². The fraction of sp³-hybridized carbons (Fsp3) is 0. The van der Waals surface area contributed by atoms with Gasteiger partial charge in [-0.3, -0.25) is 14.8 Å². The first-order valence-electron chi connectivity index (χ1n) is 6.79. The van der Waals surface area contributed by atoms with Crippen LogP contribution in [0.1, 0.15) is 21.5 Å². The van der Waals surface area contributed by atoms with E-state index in [1.807, 2.05) is 42.5 Å². The van der Waals surface area contributed by atoms with Crippen molar-refractivity contribution >= 4 is 39.8 Å². The summed E-state index contributed by atoms with van der Waals surface area (Å²) in [5.74, 6) is -0.672. The molecule has 0 saturated carbocycles. The summed E-state index contributed by atoms with van der Waals surface area (Å²) >= 11 is 3.35. The van der Waals surface area contributed by atoms with Gasteiger partial charge in [-0.15, -0.1) is 0 Å². The van der Waals surface area contributed by atoms with E-state index in [-0.39, 0.29) is 5.78 Å². The molecule has 2 aromatic carbocycles. The first-order valence-corrected chi connectivity index (χ1v) is 7.58. The van der Waals surface area contributed by atoms with Gasteiger partial charge in [0.15, 0.2) is 5.78 Å². The number of hydroxylamine groups is 1. The lowest BCUT2D eigenvalue weighted by atomic mass is 10.1. The summed E-state index contributed by atoms with van der Waals surface area (Å²) in [5, 5.41) is 8.40. The van der Waals surface area contributed by atoms with Crippen molar-refractivity contribution in [1.82, 2.24) is 5.48 Å². The molecule has 23 heavy (non-hydrogen) atoms. The Morgan fingerprint density at radius 2 is 1.48 bits per heavy atom. The largest absolute Gasteiger partial charge is 0.289 e. The molecule has 116 valence electrons. The summed E-state index contributed by atoms with van der Waals surface area (Å²) in [7, 11) is 0. The van der Waals surface area contributed by atoms with E-state index in [1.54, 1.807) is 18.2 Å². The van der Waals surface area contributed by atoms with Crippen molar-refractivity contribution in [2.45, 2.75) is 0 Å². The van der Waals surface area contributed by atoms with E-state index in [0.717, 1.165) is 15.6 Å². The molecule has 0 heterocycles. The average Bonchev–Trinajstić information content (AvgIpc) is 2.58. The predicted octanol–water partition coefficient (Wildman–Crippen LogP) is 3.86. The maximum atomic E-state index is 12.1. The molecule has 0 spiro atoms. The zero-order valence-electron chi connectivity index (χ0n) is 12.1. The van der Waals surface area contributed by atoms with Crippen LogP contribution in [-0.2, 0) is 4.79 Å². The van der Waals surface area contributed by atoms with Crippen molar-refractivity contribution in [3.8, 4) is 0 Å². The molecule has 0 aliphatic carbocycles. The van der Waals surface area contributed by atoms with E-state index in [1.165, 1.54) is 17.6 Å². The fourth-order valence-corrected chi connectivity index (χ4v) is 2.33. The number of halogens is 1. The molecule has 2 aromatic rings. The summed E-state index contributed by atoms with van der Waals surface area (Å²) in [5.41, 5.74) is 3.81. The summed E-state index contributed by atoms with van der Waals surface area (Å²) in [6.07, 6.45) is 6.05. The molecule has 2 rings (SSSR count). The molecule has 0 fully saturated rings. The molecule has 5 heteroatoms. The van der Waals surface area contributed by atoms with Gasteiger partial charge in [0.05, 0.1) is 0 Å². The normalized spacial score (nSPS) is 11.0. The highest BCUT2D eigenvalue weighted by molar-refractivity contribution is 9.10. The molecule has 0 unspecified atom stereocenters. The van der Waals surface area contributed by atoms with E-state index < -0.39 is 5.91 Å². The van der Waals surface area contributed by atoms with Crippen LogP contribution in [0.3, 0.4) is 0 Å². The van der Waals surface area contributed by atoms with Crippen LogP contribution in [0.2, 0.25) is 0 Å². The third kappa shape index (κ3) is 5.02. The van der Waals surface area contributed by atoms with Crippen LogP contribution in [0.15, 0.2) is 65.2 Å². The van der Waals surface area contributed by atoms with Gasteiger partial charge in [-0.05, 0) is 35.4 Å². The highest BCUT2D eigenvalue weighted by atomic mass is 79.9. The van der Waals surface area contributed by atoms with Gasteiger partial charge >= 0.3 is 0 Å². The van der Waals surface area contributed by atoms with Crippen LogP contribution in [0.4, 0.5) is 0 Å². The highest BCUT2D eigenvalue weighted by Gasteiger charge is 2.05. The van der Waals surface area contributed by atoms with Crippen LogP contribution >= 0.6 is 15.9 Å². The lowest BCUT2D eigenvalue weighted by Gasteiger charge is -1.99. The number of carbonyl (C=O) groups is 2. The van der Waals surface area contributed by atoms with Crippen molar-refractivity contribution in [1.29, 1.82) is 0 Å². The second-order valence-electron chi connectivity index (χ2n) is 4.65. The Morgan fingerprint density at radius 1 is 0.913 bits per heavy atom. The van der Waals surface area contributed by atoms with Crippen molar-refractivity contribution in [2.24, 2.45) is 0 Å². The predicted molar refractivity (Wildman–Crippen MR) is 92.9 cm³/mol. The van der Waals surface area contributed by atoms with Crippen LogP contribution in [0, 0.1) is 0 Å². The van der Waals surface area contributed by atoms with Gasteiger partial charge in [0.2, 0.25) is 0 Å². The zero-order chi connectivity index (χ0) is 16.7.